The molecule has 0 aromatic rings. The third-order valence-corrected chi connectivity index (χ3v) is 3.20. The Kier molecular flexibility index (Phi) is 5.38. The third-order valence-electron chi connectivity index (χ3n) is 1.35. The van der Waals surface area contributed by atoms with Crippen LogP contribution in [-0.4, -0.2) is 37.3 Å². The summed E-state index contributed by atoms with van der Waals surface area (Å²) in [6.07, 6.45) is 0. The van der Waals surface area contributed by atoms with Crippen molar-refractivity contribution in [2.45, 2.75) is 13.8 Å². The molecular weight excluding hydrogens is 210 g/mol. The van der Waals surface area contributed by atoms with Crippen molar-refractivity contribution in [3.05, 3.63) is 0 Å². The molecule has 0 saturated carbocycles. The van der Waals surface area contributed by atoms with E-state index in [1.165, 1.54) is 4.31 Å². The lowest BCUT2D eigenvalue weighted by Crippen LogP contribution is -2.44. The molecule has 0 aliphatic heterocycles. The zero-order valence-corrected chi connectivity index (χ0v) is 9.41. The minimum Gasteiger partial charge on any atom is -0.392 e. The highest BCUT2D eigenvalue weighted by Gasteiger charge is 2.18. The van der Waals surface area contributed by atoms with Gasteiger partial charge in [-0.2, -0.15) is 12.7 Å². The van der Waals surface area contributed by atoms with Gasteiger partial charge in [-0.3, -0.25) is 0 Å². The van der Waals surface area contributed by atoms with Gasteiger partial charge in [-0.05, 0) is 0 Å². The zero-order valence-electron chi connectivity index (χ0n) is 7.78. The molecule has 0 aromatic heterocycles. The fourth-order valence-corrected chi connectivity index (χ4v) is 2.25. The highest BCUT2D eigenvalue weighted by molar-refractivity contribution is 7.87. The number of hydrogen-bond donors (Lipinski definition) is 2. The predicted molar refractivity (Wildman–Crippen MR) is 56.6 cm³/mol. The normalized spacial score (nSPS) is 11.9. The summed E-state index contributed by atoms with van der Waals surface area (Å²) in [7, 11) is -3.40. The first-order valence-electron chi connectivity index (χ1n) is 3.97. The van der Waals surface area contributed by atoms with Crippen LogP contribution in [-0.2, 0) is 10.2 Å². The molecule has 0 atom stereocenters. The van der Waals surface area contributed by atoms with Crippen molar-refractivity contribution >= 4 is 27.4 Å². The van der Waals surface area contributed by atoms with E-state index >= 15 is 0 Å². The van der Waals surface area contributed by atoms with Crippen LogP contribution in [0.25, 0.3) is 0 Å². The molecule has 0 spiro atoms. The summed E-state index contributed by atoms with van der Waals surface area (Å²) in [6.45, 7) is 4.24. The van der Waals surface area contributed by atoms with E-state index in [0.717, 1.165) is 0 Å². The van der Waals surface area contributed by atoms with Gasteiger partial charge in [0, 0.05) is 13.1 Å². The largest absolute Gasteiger partial charge is 0.392 e. The van der Waals surface area contributed by atoms with Gasteiger partial charge >= 0.3 is 0 Å². The van der Waals surface area contributed by atoms with Crippen molar-refractivity contribution in [3.63, 3.8) is 0 Å². The lowest BCUT2D eigenvalue weighted by atomic mass is 10.6. The second-order valence-electron chi connectivity index (χ2n) is 2.40. The number of thiocarbonyl (C=S) groups is 1. The molecule has 0 unspecified atom stereocenters. The van der Waals surface area contributed by atoms with E-state index in [0.29, 0.717) is 13.1 Å². The van der Waals surface area contributed by atoms with Gasteiger partial charge in [0.15, 0.2) is 0 Å². The molecule has 0 radical (unpaired) electrons. The number of hydrogen-bond acceptors (Lipinski definition) is 3. The molecule has 0 amide bonds. The molecule has 0 aromatic carbocycles. The lowest BCUT2D eigenvalue weighted by Gasteiger charge is -2.19. The maximum absolute atomic E-state index is 11.4. The molecular formula is C6H15N3O2S2. The van der Waals surface area contributed by atoms with Gasteiger partial charge in [0.25, 0.3) is 10.2 Å². The molecule has 0 heterocycles. The van der Waals surface area contributed by atoms with Crippen LogP contribution < -0.4 is 10.5 Å². The summed E-state index contributed by atoms with van der Waals surface area (Å²) in [6, 6.07) is 0. The number of rotatable bonds is 6. The maximum Gasteiger partial charge on any atom is 0.279 e. The Hall–Kier alpha value is -0.240. The number of nitrogens with zero attached hydrogens (tertiary/aromatic N) is 1. The Morgan fingerprint density at radius 2 is 2.08 bits per heavy atom. The second-order valence-corrected chi connectivity index (χ2v) is 4.68. The molecule has 0 aliphatic rings. The average Bonchev–Trinajstić information content (AvgIpc) is 1.99. The van der Waals surface area contributed by atoms with Gasteiger partial charge in [-0.15, -0.1) is 0 Å². The quantitative estimate of drug-likeness (QED) is 0.595. The fraction of sp³-hybridized carbons (Fsp3) is 0.833. The number of nitrogens with one attached hydrogen (secondary N) is 1. The molecule has 13 heavy (non-hydrogen) atoms. The van der Waals surface area contributed by atoms with Crippen molar-refractivity contribution in [3.8, 4) is 0 Å². The van der Waals surface area contributed by atoms with E-state index < -0.39 is 10.2 Å². The minimum atomic E-state index is -3.40. The Balaban J connectivity index is 4.47. The van der Waals surface area contributed by atoms with Crippen LogP contribution in [0.3, 0.4) is 0 Å². The van der Waals surface area contributed by atoms with E-state index in [2.05, 4.69) is 16.9 Å². The van der Waals surface area contributed by atoms with Gasteiger partial charge in [0.05, 0.1) is 11.5 Å². The summed E-state index contributed by atoms with van der Waals surface area (Å²) >= 11 is 4.63. The van der Waals surface area contributed by atoms with Crippen LogP contribution >= 0.6 is 12.2 Å². The molecule has 5 nitrogen and oxygen atoms in total. The van der Waals surface area contributed by atoms with Crippen LogP contribution in [0.1, 0.15) is 13.8 Å². The van der Waals surface area contributed by atoms with Crippen molar-refractivity contribution in [2.24, 2.45) is 5.73 Å². The minimum absolute atomic E-state index is 0.0845. The standard InChI is InChI=1S/C6H15N3O2S2/c1-3-8-13(10,11)9(4-2)5-6(7)12/h8H,3-5H2,1-2H3,(H2,7,12). The summed E-state index contributed by atoms with van der Waals surface area (Å²) in [5, 5.41) is 0. The zero-order chi connectivity index (χ0) is 10.5. The Bertz CT molecular complexity index is 263. The highest BCUT2D eigenvalue weighted by Crippen LogP contribution is 1.96. The SMILES string of the molecule is CCNS(=O)(=O)N(CC)CC(N)=S. The van der Waals surface area contributed by atoms with Gasteiger partial charge in [0.2, 0.25) is 0 Å². The monoisotopic (exact) mass is 225 g/mol. The average molecular weight is 225 g/mol. The van der Waals surface area contributed by atoms with Crippen LogP contribution in [0.15, 0.2) is 0 Å². The van der Waals surface area contributed by atoms with E-state index in [-0.39, 0.29) is 11.5 Å². The Labute approximate surface area is 84.5 Å². The van der Waals surface area contributed by atoms with Crippen molar-refractivity contribution in [2.75, 3.05) is 19.6 Å². The summed E-state index contributed by atoms with van der Waals surface area (Å²) in [5.41, 5.74) is 5.26. The Morgan fingerprint density at radius 1 is 1.54 bits per heavy atom. The van der Waals surface area contributed by atoms with Crippen LogP contribution in [0.5, 0.6) is 0 Å². The molecule has 0 fully saturated rings. The lowest BCUT2D eigenvalue weighted by molar-refractivity contribution is 0.457. The highest BCUT2D eigenvalue weighted by atomic mass is 32.2. The summed E-state index contributed by atoms with van der Waals surface area (Å²) in [5.74, 6) is 0. The summed E-state index contributed by atoms with van der Waals surface area (Å²) in [4.78, 5) is 0.170. The molecule has 78 valence electrons. The predicted octanol–water partition coefficient (Wildman–Crippen LogP) is -0.551. The number of nitrogens with two attached hydrogens (primary N) is 1. The van der Waals surface area contributed by atoms with E-state index in [1.54, 1.807) is 13.8 Å². The molecule has 0 aliphatic carbocycles. The molecule has 0 rings (SSSR count). The van der Waals surface area contributed by atoms with Crippen molar-refractivity contribution in [1.82, 2.24) is 9.03 Å². The van der Waals surface area contributed by atoms with Crippen LogP contribution in [0, 0.1) is 0 Å². The van der Waals surface area contributed by atoms with E-state index in [1.807, 2.05) is 0 Å². The van der Waals surface area contributed by atoms with Crippen molar-refractivity contribution in [1.29, 1.82) is 0 Å². The topological polar surface area (TPSA) is 75.4 Å². The first-order chi connectivity index (χ1) is 5.94. The fourth-order valence-electron chi connectivity index (χ4n) is 0.814. The number of likely N-dealkylation sites (N-methyl/N-ethyl adjacent to an activating group) is 1. The first-order valence-corrected chi connectivity index (χ1v) is 5.81. The van der Waals surface area contributed by atoms with Gasteiger partial charge in [-0.25, -0.2) is 4.72 Å². The second kappa shape index (κ2) is 5.48. The smallest absolute Gasteiger partial charge is 0.279 e. The maximum atomic E-state index is 11.4. The molecule has 0 bridgehead atoms. The van der Waals surface area contributed by atoms with E-state index in [4.69, 9.17) is 5.73 Å². The molecule has 0 saturated heterocycles. The molecule has 7 heteroatoms. The van der Waals surface area contributed by atoms with Gasteiger partial charge < -0.3 is 5.73 Å². The first kappa shape index (κ1) is 12.8. The Morgan fingerprint density at radius 3 is 2.38 bits per heavy atom. The van der Waals surface area contributed by atoms with Crippen molar-refractivity contribution < 1.29 is 8.42 Å². The van der Waals surface area contributed by atoms with Crippen LogP contribution in [0.4, 0.5) is 0 Å². The summed E-state index contributed by atoms with van der Waals surface area (Å²) < 4.78 is 26.3. The molecule has 3 N–H and O–H groups in total. The van der Waals surface area contributed by atoms with Gasteiger partial charge in [-0.1, -0.05) is 26.1 Å². The third kappa shape index (κ3) is 4.51. The van der Waals surface area contributed by atoms with Crippen LogP contribution in [0.2, 0.25) is 0 Å². The van der Waals surface area contributed by atoms with Gasteiger partial charge in [0.1, 0.15) is 0 Å². The van der Waals surface area contributed by atoms with E-state index in [9.17, 15) is 8.42 Å².